The van der Waals surface area contributed by atoms with E-state index in [4.69, 9.17) is 5.73 Å². The highest BCUT2D eigenvalue weighted by Gasteiger charge is 2.08. The minimum Gasteiger partial charge on any atom is -0.368 e. The number of nitrogens with two attached hydrogens (primary N) is 1. The molecule has 0 unspecified atom stereocenters. The second-order valence-electron chi connectivity index (χ2n) is 3.42. The smallest absolute Gasteiger partial charge is 0.220 e. The maximum atomic E-state index is 13.0. The van der Waals surface area contributed by atoms with Crippen LogP contribution in [0.4, 0.5) is 14.7 Å². The van der Waals surface area contributed by atoms with Gasteiger partial charge >= 0.3 is 0 Å². The number of rotatable bonds is 1. The molecular formula is C11H9F2N3. The molecule has 0 spiro atoms. The van der Waals surface area contributed by atoms with Crippen molar-refractivity contribution in [3.63, 3.8) is 0 Å². The van der Waals surface area contributed by atoms with Crippen LogP contribution in [0.1, 0.15) is 5.56 Å². The normalized spacial score (nSPS) is 10.4. The fraction of sp³-hybridized carbons (Fsp3) is 0.0909. The molecule has 82 valence electrons. The van der Waals surface area contributed by atoms with Crippen LogP contribution in [0.3, 0.4) is 0 Å². The van der Waals surface area contributed by atoms with Gasteiger partial charge in [0.25, 0.3) is 0 Å². The fourth-order valence-electron chi connectivity index (χ4n) is 1.44. The van der Waals surface area contributed by atoms with E-state index in [2.05, 4.69) is 9.97 Å². The largest absolute Gasteiger partial charge is 0.368 e. The molecule has 2 rings (SSSR count). The molecule has 0 aliphatic heterocycles. The summed E-state index contributed by atoms with van der Waals surface area (Å²) in [5, 5.41) is 0. The molecule has 0 amide bonds. The lowest BCUT2D eigenvalue weighted by Crippen LogP contribution is -1.98. The minimum absolute atomic E-state index is 0.0743. The van der Waals surface area contributed by atoms with Gasteiger partial charge in [-0.2, -0.15) is 0 Å². The fourth-order valence-corrected chi connectivity index (χ4v) is 1.44. The number of nitrogens with zero attached hydrogens (tertiary/aromatic N) is 2. The van der Waals surface area contributed by atoms with Gasteiger partial charge in [-0.25, -0.2) is 18.7 Å². The first-order valence-corrected chi connectivity index (χ1v) is 4.62. The van der Waals surface area contributed by atoms with Crippen molar-refractivity contribution in [1.82, 2.24) is 9.97 Å². The van der Waals surface area contributed by atoms with Crippen LogP contribution in [-0.2, 0) is 0 Å². The third-order valence-corrected chi connectivity index (χ3v) is 2.13. The number of aromatic nitrogens is 2. The van der Waals surface area contributed by atoms with Gasteiger partial charge in [0.15, 0.2) is 0 Å². The Hall–Kier alpha value is -2.04. The first-order valence-electron chi connectivity index (χ1n) is 4.62. The van der Waals surface area contributed by atoms with Crippen molar-refractivity contribution in [1.29, 1.82) is 0 Å². The number of aryl methyl sites for hydroxylation is 1. The monoisotopic (exact) mass is 221 g/mol. The average Bonchev–Trinajstić information content (AvgIpc) is 2.20. The zero-order valence-electron chi connectivity index (χ0n) is 8.54. The summed E-state index contributed by atoms with van der Waals surface area (Å²) in [7, 11) is 0. The van der Waals surface area contributed by atoms with Crippen LogP contribution in [0.15, 0.2) is 24.4 Å². The van der Waals surface area contributed by atoms with Gasteiger partial charge < -0.3 is 5.73 Å². The van der Waals surface area contributed by atoms with Crippen molar-refractivity contribution < 1.29 is 8.78 Å². The molecule has 0 fully saturated rings. The minimum atomic E-state index is -0.647. The van der Waals surface area contributed by atoms with E-state index in [0.29, 0.717) is 16.8 Å². The standard InChI is InChI=1S/C11H9F2N3/c1-6-5-15-11(14)16-10(6)7-2-8(12)4-9(13)3-7/h2-5H,1H3,(H2,14,15,16). The van der Waals surface area contributed by atoms with Crippen molar-refractivity contribution >= 4 is 5.95 Å². The van der Waals surface area contributed by atoms with Crippen LogP contribution in [0.25, 0.3) is 11.3 Å². The van der Waals surface area contributed by atoms with Gasteiger partial charge in [-0.05, 0) is 24.6 Å². The molecule has 0 radical (unpaired) electrons. The third kappa shape index (κ3) is 1.98. The van der Waals surface area contributed by atoms with E-state index >= 15 is 0 Å². The predicted octanol–water partition coefficient (Wildman–Crippen LogP) is 2.31. The molecule has 0 saturated carbocycles. The molecular weight excluding hydrogens is 212 g/mol. The van der Waals surface area contributed by atoms with E-state index < -0.39 is 11.6 Å². The molecule has 2 aromatic rings. The van der Waals surface area contributed by atoms with Crippen molar-refractivity contribution in [2.75, 3.05) is 5.73 Å². The molecule has 2 N–H and O–H groups in total. The lowest BCUT2D eigenvalue weighted by molar-refractivity contribution is 0.584. The second kappa shape index (κ2) is 3.84. The summed E-state index contributed by atoms with van der Waals surface area (Å²) in [4.78, 5) is 7.75. The summed E-state index contributed by atoms with van der Waals surface area (Å²) >= 11 is 0. The van der Waals surface area contributed by atoms with Crippen LogP contribution in [-0.4, -0.2) is 9.97 Å². The Balaban J connectivity index is 2.62. The maximum absolute atomic E-state index is 13.0. The topological polar surface area (TPSA) is 51.8 Å². The van der Waals surface area contributed by atoms with Crippen LogP contribution >= 0.6 is 0 Å². The molecule has 0 atom stereocenters. The van der Waals surface area contributed by atoms with Crippen LogP contribution in [0.5, 0.6) is 0 Å². The molecule has 3 nitrogen and oxygen atoms in total. The Morgan fingerprint density at radius 3 is 2.38 bits per heavy atom. The zero-order chi connectivity index (χ0) is 11.7. The highest BCUT2D eigenvalue weighted by molar-refractivity contribution is 5.63. The van der Waals surface area contributed by atoms with Gasteiger partial charge in [0.05, 0.1) is 5.69 Å². The van der Waals surface area contributed by atoms with Gasteiger partial charge in [-0.15, -0.1) is 0 Å². The maximum Gasteiger partial charge on any atom is 0.220 e. The van der Waals surface area contributed by atoms with Crippen LogP contribution in [0, 0.1) is 18.6 Å². The van der Waals surface area contributed by atoms with E-state index in [1.165, 1.54) is 18.3 Å². The highest BCUT2D eigenvalue weighted by atomic mass is 19.1. The Kier molecular flexibility index (Phi) is 2.52. The SMILES string of the molecule is Cc1cnc(N)nc1-c1cc(F)cc(F)c1. The Labute approximate surface area is 91.0 Å². The summed E-state index contributed by atoms with van der Waals surface area (Å²) < 4.78 is 26.1. The van der Waals surface area contributed by atoms with E-state index in [9.17, 15) is 8.78 Å². The van der Waals surface area contributed by atoms with Crippen molar-refractivity contribution in [3.05, 3.63) is 41.6 Å². The van der Waals surface area contributed by atoms with Gasteiger partial charge in [-0.1, -0.05) is 0 Å². The number of benzene rings is 1. The first kappa shape index (κ1) is 10.5. The number of hydrogen-bond acceptors (Lipinski definition) is 3. The van der Waals surface area contributed by atoms with E-state index in [0.717, 1.165) is 6.07 Å². The van der Waals surface area contributed by atoms with Gasteiger partial charge in [0, 0.05) is 17.8 Å². The highest BCUT2D eigenvalue weighted by Crippen LogP contribution is 2.22. The molecule has 1 heterocycles. The molecule has 0 saturated heterocycles. The molecule has 0 bridgehead atoms. The van der Waals surface area contributed by atoms with Crippen LogP contribution in [0.2, 0.25) is 0 Å². The molecule has 1 aromatic carbocycles. The molecule has 16 heavy (non-hydrogen) atoms. The lowest BCUT2D eigenvalue weighted by Gasteiger charge is -2.05. The number of halogens is 2. The first-order chi connectivity index (χ1) is 7.56. The summed E-state index contributed by atoms with van der Waals surface area (Å²) in [6.07, 6.45) is 1.51. The molecule has 0 aliphatic rings. The molecule has 1 aromatic heterocycles. The summed E-state index contributed by atoms with van der Waals surface area (Å²) in [6.45, 7) is 1.75. The Bertz CT molecular complexity index is 520. The van der Waals surface area contributed by atoms with E-state index in [1.54, 1.807) is 6.92 Å². The van der Waals surface area contributed by atoms with Crippen LogP contribution < -0.4 is 5.73 Å². The van der Waals surface area contributed by atoms with Gasteiger partial charge in [0.1, 0.15) is 11.6 Å². The Morgan fingerprint density at radius 2 is 1.75 bits per heavy atom. The molecule has 5 heteroatoms. The van der Waals surface area contributed by atoms with Crippen molar-refractivity contribution in [2.45, 2.75) is 6.92 Å². The summed E-state index contributed by atoms with van der Waals surface area (Å²) in [5.41, 5.74) is 6.93. The third-order valence-electron chi connectivity index (χ3n) is 2.13. The second-order valence-corrected chi connectivity index (χ2v) is 3.42. The summed E-state index contributed by atoms with van der Waals surface area (Å²) in [5.74, 6) is -1.22. The quantitative estimate of drug-likeness (QED) is 0.803. The van der Waals surface area contributed by atoms with E-state index in [-0.39, 0.29) is 5.95 Å². The number of nitrogen functional groups attached to an aromatic ring is 1. The lowest BCUT2D eigenvalue weighted by atomic mass is 10.1. The summed E-state index contributed by atoms with van der Waals surface area (Å²) in [6, 6.07) is 3.22. The average molecular weight is 221 g/mol. The van der Waals surface area contributed by atoms with Crippen molar-refractivity contribution in [3.8, 4) is 11.3 Å². The number of anilines is 1. The molecule has 0 aliphatic carbocycles. The van der Waals surface area contributed by atoms with E-state index in [1.807, 2.05) is 0 Å². The predicted molar refractivity (Wildman–Crippen MR) is 56.5 cm³/mol. The van der Waals surface area contributed by atoms with Gasteiger partial charge in [-0.3, -0.25) is 0 Å². The zero-order valence-corrected chi connectivity index (χ0v) is 8.54. The van der Waals surface area contributed by atoms with Gasteiger partial charge in [0.2, 0.25) is 5.95 Å². The van der Waals surface area contributed by atoms with Crippen molar-refractivity contribution in [2.24, 2.45) is 0 Å². The number of hydrogen-bond donors (Lipinski definition) is 1. The Morgan fingerprint density at radius 1 is 1.12 bits per heavy atom.